The highest BCUT2D eigenvalue weighted by Gasteiger charge is 2.11. The number of carbonyl (C=O) groups excluding carboxylic acids is 1. The maximum atomic E-state index is 12.2. The quantitative estimate of drug-likeness (QED) is 0.589. The highest BCUT2D eigenvalue weighted by molar-refractivity contribution is 9.10. The molecule has 2 heterocycles. The standard InChI is InChI=1S/C17H16BrNO2S/c18-14-11-16(22-12-14)5-6-17(20)13-1-3-15(4-2-13)19-7-9-21-10-8-19/h1-6,11-12H,7-10H2/b6-5+. The molecule has 1 aliphatic rings. The number of thiophene rings is 1. The molecule has 3 rings (SSSR count). The van der Waals surface area contributed by atoms with Crippen LogP contribution in [0.15, 0.2) is 46.3 Å². The van der Waals surface area contributed by atoms with Crippen LogP contribution in [0, 0.1) is 0 Å². The number of nitrogens with zero attached hydrogens (tertiary/aromatic N) is 1. The van der Waals surface area contributed by atoms with E-state index in [-0.39, 0.29) is 5.78 Å². The second-order valence-electron chi connectivity index (χ2n) is 5.01. The predicted octanol–water partition coefficient (Wildman–Crippen LogP) is 4.24. The number of morpholine rings is 1. The molecule has 0 aliphatic carbocycles. The molecule has 0 spiro atoms. The Hall–Kier alpha value is -1.43. The van der Waals surface area contributed by atoms with Gasteiger partial charge in [-0.2, -0.15) is 0 Å². The van der Waals surface area contributed by atoms with Crippen LogP contribution in [-0.4, -0.2) is 32.1 Å². The summed E-state index contributed by atoms with van der Waals surface area (Å²) in [7, 11) is 0. The van der Waals surface area contributed by atoms with E-state index in [1.807, 2.05) is 41.8 Å². The fourth-order valence-electron chi connectivity index (χ4n) is 2.33. The molecule has 0 N–H and O–H groups in total. The first-order valence-electron chi connectivity index (χ1n) is 7.11. The molecule has 5 heteroatoms. The van der Waals surface area contributed by atoms with E-state index in [2.05, 4.69) is 20.8 Å². The van der Waals surface area contributed by atoms with E-state index in [1.165, 1.54) is 0 Å². The van der Waals surface area contributed by atoms with Crippen LogP contribution in [0.25, 0.3) is 6.08 Å². The van der Waals surface area contributed by atoms with Crippen LogP contribution < -0.4 is 4.90 Å². The van der Waals surface area contributed by atoms with Gasteiger partial charge in [-0.05, 0) is 58.4 Å². The summed E-state index contributed by atoms with van der Waals surface area (Å²) in [5.74, 6) is 0.0260. The highest BCUT2D eigenvalue weighted by Crippen LogP contribution is 2.21. The number of allylic oxidation sites excluding steroid dienone is 1. The Morgan fingerprint density at radius 2 is 1.95 bits per heavy atom. The summed E-state index contributed by atoms with van der Waals surface area (Å²) < 4.78 is 6.39. The molecule has 0 bridgehead atoms. The Morgan fingerprint density at radius 3 is 2.59 bits per heavy atom. The molecule has 2 aromatic rings. The van der Waals surface area contributed by atoms with Crippen LogP contribution in [0.2, 0.25) is 0 Å². The number of rotatable bonds is 4. The molecule has 1 fully saturated rings. The van der Waals surface area contributed by atoms with Crippen LogP contribution >= 0.6 is 27.3 Å². The molecule has 0 amide bonds. The van der Waals surface area contributed by atoms with E-state index >= 15 is 0 Å². The van der Waals surface area contributed by atoms with Gasteiger partial charge in [0.2, 0.25) is 0 Å². The molecule has 0 saturated carbocycles. The van der Waals surface area contributed by atoms with E-state index < -0.39 is 0 Å². The topological polar surface area (TPSA) is 29.5 Å². The molecular formula is C17H16BrNO2S. The fraction of sp³-hybridized carbons (Fsp3) is 0.235. The molecule has 114 valence electrons. The lowest BCUT2D eigenvalue weighted by Gasteiger charge is -2.28. The third kappa shape index (κ3) is 3.85. The highest BCUT2D eigenvalue weighted by atomic mass is 79.9. The molecular weight excluding hydrogens is 362 g/mol. The van der Waals surface area contributed by atoms with E-state index in [0.717, 1.165) is 41.3 Å². The first-order valence-corrected chi connectivity index (χ1v) is 8.79. The Morgan fingerprint density at radius 1 is 1.23 bits per heavy atom. The average molecular weight is 378 g/mol. The first-order chi connectivity index (χ1) is 10.7. The van der Waals surface area contributed by atoms with Crippen molar-refractivity contribution in [2.45, 2.75) is 0 Å². The van der Waals surface area contributed by atoms with Gasteiger partial charge in [0, 0.05) is 39.1 Å². The molecule has 0 atom stereocenters. The largest absolute Gasteiger partial charge is 0.378 e. The Labute approximate surface area is 142 Å². The van der Waals surface area contributed by atoms with Gasteiger partial charge in [0.1, 0.15) is 0 Å². The van der Waals surface area contributed by atoms with Crippen LogP contribution in [-0.2, 0) is 4.74 Å². The third-order valence-electron chi connectivity index (χ3n) is 3.51. The van der Waals surface area contributed by atoms with Crippen molar-refractivity contribution in [1.82, 2.24) is 0 Å². The molecule has 0 radical (unpaired) electrons. The van der Waals surface area contributed by atoms with E-state index in [4.69, 9.17) is 4.74 Å². The van der Waals surface area contributed by atoms with Crippen LogP contribution in [0.5, 0.6) is 0 Å². The second kappa shape index (κ2) is 7.22. The number of anilines is 1. The van der Waals surface area contributed by atoms with E-state index in [0.29, 0.717) is 5.56 Å². The lowest BCUT2D eigenvalue weighted by atomic mass is 10.1. The SMILES string of the molecule is O=C(/C=C/c1cc(Br)cs1)c1ccc(N2CCOCC2)cc1. The molecule has 3 nitrogen and oxygen atoms in total. The maximum absolute atomic E-state index is 12.2. The Bertz CT molecular complexity index is 672. The average Bonchev–Trinajstić information content (AvgIpc) is 2.99. The molecule has 1 aromatic carbocycles. The lowest BCUT2D eigenvalue weighted by molar-refractivity contribution is 0.104. The molecule has 0 unspecified atom stereocenters. The summed E-state index contributed by atoms with van der Waals surface area (Å²) >= 11 is 5.01. The third-order valence-corrected chi connectivity index (χ3v) is 5.17. The second-order valence-corrected chi connectivity index (χ2v) is 6.87. The van der Waals surface area contributed by atoms with Crippen LogP contribution in [0.3, 0.4) is 0 Å². The summed E-state index contributed by atoms with van der Waals surface area (Å²) in [4.78, 5) is 15.5. The summed E-state index contributed by atoms with van der Waals surface area (Å²) in [5.41, 5.74) is 1.86. The number of halogens is 1. The predicted molar refractivity (Wildman–Crippen MR) is 94.9 cm³/mol. The molecule has 1 aliphatic heterocycles. The van der Waals surface area contributed by atoms with Crippen molar-refractivity contribution < 1.29 is 9.53 Å². The number of benzene rings is 1. The number of hydrogen-bond acceptors (Lipinski definition) is 4. The van der Waals surface area contributed by atoms with Gasteiger partial charge in [0.15, 0.2) is 5.78 Å². The number of carbonyl (C=O) groups is 1. The van der Waals surface area contributed by atoms with Gasteiger partial charge >= 0.3 is 0 Å². The van der Waals surface area contributed by atoms with Crippen molar-refractivity contribution >= 4 is 44.8 Å². The number of ketones is 1. The van der Waals surface area contributed by atoms with Gasteiger partial charge in [-0.1, -0.05) is 0 Å². The minimum Gasteiger partial charge on any atom is -0.378 e. The van der Waals surface area contributed by atoms with Crippen LogP contribution in [0.4, 0.5) is 5.69 Å². The summed E-state index contributed by atoms with van der Waals surface area (Å²) in [6.07, 6.45) is 3.48. The van der Waals surface area contributed by atoms with Gasteiger partial charge in [0.25, 0.3) is 0 Å². The Balaban J connectivity index is 1.66. The zero-order chi connectivity index (χ0) is 15.4. The lowest BCUT2D eigenvalue weighted by Crippen LogP contribution is -2.36. The summed E-state index contributed by atoms with van der Waals surface area (Å²) in [6, 6.07) is 9.79. The minimum atomic E-state index is 0.0260. The first kappa shape index (κ1) is 15.5. The maximum Gasteiger partial charge on any atom is 0.185 e. The van der Waals surface area contributed by atoms with Gasteiger partial charge in [-0.25, -0.2) is 0 Å². The zero-order valence-corrected chi connectivity index (χ0v) is 14.4. The van der Waals surface area contributed by atoms with Crippen molar-refractivity contribution in [3.8, 4) is 0 Å². The zero-order valence-electron chi connectivity index (χ0n) is 12.0. The van der Waals surface area contributed by atoms with Crippen molar-refractivity contribution in [1.29, 1.82) is 0 Å². The van der Waals surface area contributed by atoms with Gasteiger partial charge < -0.3 is 9.64 Å². The smallest absolute Gasteiger partial charge is 0.185 e. The molecule has 1 aromatic heterocycles. The van der Waals surface area contributed by atoms with Crippen molar-refractivity contribution in [3.05, 3.63) is 56.7 Å². The summed E-state index contributed by atoms with van der Waals surface area (Å²) in [5, 5.41) is 2.00. The van der Waals surface area contributed by atoms with Crippen molar-refractivity contribution in [2.24, 2.45) is 0 Å². The Kier molecular flexibility index (Phi) is 5.08. The minimum absolute atomic E-state index is 0.0260. The molecule has 22 heavy (non-hydrogen) atoms. The van der Waals surface area contributed by atoms with Crippen LogP contribution in [0.1, 0.15) is 15.2 Å². The summed E-state index contributed by atoms with van der Waals surface area (Å²) in [6.45, 7) is 3.33. The number of ether oxygens (including phenoxy) is 1. The van der Waals surface area contributed by atoms with Gasteiger partial charge in [-0.15, -0.1) is 11.3 Å². The van der Waals surface area contributed by atoms with E-state index in [9.17, 15) is 4.79 Å². The van der Waals surface area contributed by atoms with Crippen molar-refractivity contribution in [3.63, 3.8) is 0 Å². The van der Waals surface area contributed by atoms with E-state index in [1.54, 1.807) is 17.4 Å². The van der Waals surface area contributed by atoms with Gasteiger partial charge in [0.05, 0.1) is 13.2 Å². The van der Waals surface area contributed by atoms with Gasteiger partial charge in [-0.3, -0.25) is 4.79 Å². The monoisotopic (exact) mass is 377 g/mol. The van der Waals surface area contributed by atoms with Crippen molar-refractivity contribution in [2.75, 3.05) is 31.2 Å². The fourth-order valence-corrected chi connectivity index (χ4v) is 3.66. The normalized spacial score (nSPS) is 15.4. The molecule has 1 saturated heterocycles. The number of hydrogen-bond donors (Lipinski definition) is 0.